The van der Waals surface area contributed by atoms with Crippen LogP contribution in [0.15, 0.2) is 12.4 Å². The van der Waals surface area contributed by atoms with Gasteiger partial charge < -0.3 is 5.32 Å². The first-order chi connectivity index (χ1) is 9.81. The third-order valence-corrected chi connectivity index (χ3v) is 6.08. The van der Waals surface area contributed by atoms with Gasteiger partial charge in [-0.1, -0.05) is 0 Å². The number of hydrogen-bond donors (Lipinski definition) is 1. The second-order valence-electron chi connectivity index (χ2n) is 4.94. The molecule has 0 aromatic carbocycles. The van der Waals surface area contributed by atoms with Gasteiger partial charge in [0.2, 0.25) is 0 Å². The van der Waals surface area contributed by atoms with E-state index in [1.165, 1.54) is 22.8 Å². The number of aromatic nitrogens is 3. The number of thioether (sulfide) groups is 1. The van der Waals surface area contributed by atoms with Crippen LogP contribution >= 0.6 is 23.1 Å². The van der Waals surface area contributed by atoms with E-state index in [9.17, 15) is 0 Å². The molecule has 1 atom stereocenters. The van der Waals surface area contributed by atoms with Crippen LogP contribution in [0.2, 0.25) is 0 Å². The van der Waals surface area contributed by atoms with Crippen molar-refractivity contribution in [1.82, 2.24) is 20.1 Å². The fourth-order valence-corrected chi connectivity index (χ4v) is 5.07. The van der Waals surface area contributed by atoms with E-state index in [0.29, 0.717) is 6.04 Å². The number of aryl methyl sites for hydroxylation is 2. The third-order valence-electron chi connectivity index (χ3n) is 3.72. The van der Waals surface area contributed by atoms with Crippen molar-refractivity contribution in [3.63, 3.8) is 0 Å². The first-order valence-corrected chi connectivity index (χ1v) is 9.02. The predicted molar refractivity (Wildman–Crippen MR) is 85.4 cm³/mol. The molecule has 108 valence electrons. The lowest BCUT2D eigenvalue weighted by molar-refractivity contribution is 0.539. The first kappa shape index (κ1) is 14.1. The van der Waals surface area contributed by atoms with E-state index in [2.05, 4.69) is 28.4 Å². The SMILES string of the molecule is CCn1ncnc1CC(NC)c1cc2c(s1)CCSC2. The largest absolute Gasteiger partial charge is 0.312 e. The van der Waals surface area contributed by atoms with Gasteiger partial charge in [0.05, 0.1) is 0 Å². The van der Waals surface area contributed by atoms with Gasteiger partial charge in [-0.3, -0.25) is 4.68 Å². The maximum Gasteiger partial charge on any atom is 0.138 e. The molecule has 0 radical (unpaired) electrons. The maximum absolute atomic E-state index is 4.39. The summed E-state index contributed by atoms with van der Waals surface area (Å²) in [4.78, 5) is 7.41. The van der Waals surface area contributed by atoms with Gasteiger partial charge in [-0.05, 0) is 37.8 Å². The summed E-state index contributed by atoms with van der Waals surface area (Å²) >= 11 is 4.01. The Kier molecular flexibility index (Phi) is 4.43. The molecule has 2 aromatic heterocycles. The van der Waals surface area contributed by atoms with Crippen LogP contribution in [-0.2, 0) is 25.1 Å². The second kappa shape index (κ2) is 6.28. The van der Waals surface area contributed by atoms with E-state index in [-0.39, 0.29) is 0 Å². The molecule has 0 saturated carbocycles. The van der Waals surface area contributed by atoms with Crippen LogP contribution in [0.25, 0.3) is 0 Å². The Labute approximate surface area is 128 Å². The summed E-state index contributed by atoms with van der Waals surface area (Å²) in [5.74, 6) is 3.50. The molecule has 1 aliphatic rings. The average Bonchev–Trinajstić information content (AvgIpc) is 3.10. The molecule has 0 amide bonds. The minimum Gasteiger partial charge on any atom is -0.312 e. The summed E-state index contributed by atoms with van der Waals surface area (Å²) < 4.78 is 1.98. The highest BCUT2D eigenvalue weighted by Gasteiger charge is 2.20. The summed E-state index contributed by atoms with van der Waals surface area (Å²) in [6.45, 7) is 2.98. The molecule has 3 heterocycles. The van der Waals surface area contributed by atoms with Crippen LogP contribution in [0.1, 0.15) is 34.1 Å². The van der Waals surface area contributed by atoms with E-state index in [0.717, 1.165) is 18.8 Å². The Morgan fingerprint density at radius 1 is 1.50 bits per heavy atom. The van der Waals surface area contributed by atoms with Gasteiger partial charge in [0, 0.05) is 34.5 Å². The molecule has 0 saturated heterocycles. The van der Waals surface area contributed by atoms with E-state index in [4.69, 9.17) is 0 Å². The molecule has 2 aromatic rings. The van der Waals surface area contributed by atoms with Gasteiger partial charge >= 0.3 is 0 Å². The molecule has 0 spiro atoms. The topological polar surface area (TPSA) is 42.7 Å². The number of thiophene rings is 1. The minimum atomic E-state index is 0.338. The van der Waals surface area contributed by atoms with Crippen LogP contribution in [0.5, 0.6) is 0 Å². The molecule has 1 unspecified atom stereocenters. The smallest absolute Gasteiger partial charge is 0.138 e. The summed E-state index contributed by atoms with van der Waals surface area (Å²) in [6, 6.07) is 2.73. The number of likely N-dealkylation sites (N-methyl/N-ethyl adjacent to an activating group) is 1. The number of nitrogens with zero attached hydrogens (tertiary/aromatic N) is 3. The second-order valence-corrected chi connectivity index (χ2v) is 7.21. The fraction of sp³-hybridized carbons (Fsp3) is 0.571. The van der Waals surface area contributed by atoms with E-state index in [1.54, 1.807) is 16.8 Å². The number of nitrogens with one attached hydrogen (secondary N) is 1. The maximum atomic E-state index is 4.39. The standard InChI is InChI=1S/C14H20N4S2/c1-3-18-14(16-9-17-18)7-11(15-2)13-6-10-8-19-5-4-12(10)20-13/h6,9,11,15H,3-5,7-8H2,1-2H3. The summed E-state index contributed by atoms with van der Waals surface area (Å²) in [5.41, 5.74) is 1.54. The molecule has 0 fully saturated rings. The molecule has 0 bridgehead atoms. The molecule has 1 N–H and O–H groups in total. The fourth-order valence-electron chi connectivity index (χ4n) is 2.58. The summed E-state index contributed by atoms with van der Waals surface area (Å²) in [7, 11) is 2.03. The Bertz CT molecular complexity index is 552. The van der Waals surface area contributed by atoms with Gasteiger partial charge in [-0.25, -0.2) is 4.98 Å². The van der Waals surface area contributed by atoms with Crippen molar-refractivity contribution in [3.8, 4) is 0 Å². The van der Waals surface area contributed by atoms with E-state index >= 15 is 0 Å². The van der Waals surface area contributed by atoms with Gasteiger partial charge in [0.15, 0.2) is 0 Å². The number of hydrogen-bond acceptors (Lipinski definition) is 5. The molecule has 1 aliphatic heterocycles. The summed E-state index contributed by atoms with van der Waals surface area (Å²) in [6.07, 6.45) is 3.78. The van der Waals surface area contributed by atoms with Crippen LogP contribution < -0.4 is 5.32 Å². The highest BCUT2D eigenvalue weighted by molar-refractivity contribution is 7.98. The van der Waals surface area contributed by atoms with Gasteiger partial charge in [-0.2, -0.15) is 16.9 Å². The van der Waals surface area contributed by atoms with Gasteiger partial charge in [-0.15, -0.1) is 11.3 Å². The van der Waals surface area contributed by atoms with Crippen molar-refractivity contribution in [2.75, 3.05) is 12.8 Å². The highest BCUT2D eigenvalue weighted by Crippen LogP contribution is 2.35. The van der Waals surface area contributed by atoms with Crippen molar-refractivity contribution >= 4 is 23.1 Å². The normalized spacial score (nSPS) is 16.1. The van der Waals surface area contributed by atoms with Gasteiger partial charge in [0.1, 0.15) is 12.2 Å². The first-order valence-electron chi connectivity index (χ1n) is 7.05. The lowest BCUT2D eigenvalue weighted by Gasteiger charge is -2.14. The summed E-state index contributed by atoms with van der Waals surface area (Å²) in [5, 5.41) is 7.70. The zero-order valence-corrected chi connectivity index (χ0v) is 13.6. The Morgan fingerprint density at radius 3 is 3.15 bits per heavy atom. The molecule has 3 rings (SSSR count). The van der Waals surface area contributed by atoms with Gasteiger partial charge in [0.25, 0.3) is 0 Å². The number of fused-ring (bicyclic) bond motifs is 1. The monoisotopic (exact) mass is 308 g/mol. The zero-order valence-electron chi connectivity index (χ0n) is 11.9. The van der Waals surface area contributed by atoms with Crippen molar-refractivity contribution in [3.05, 3.63) is 33.5 Å². The predicted octanol–water partition coefficient (Wildman–Crippen LogP) is 2.65. The Morgan fingerprint density at radius 2 is 2.40 bits per heavy atom. The van der Waals surface area contributed by atoms with Crippen molar-refractivity contribution in [2.24, 2.45) is 0 Å². The molecular weight excluding hydrogens is 288 g/mol. The van der Waals surface area contributed by atoms with Crippen molar-refractivity contribution in [1.29, 1.82) is 0 Å². The van der Waals surface area contributed by atoms with Crippen LogP contribution in [0.4, 0.5) is 0 Å². The molecule has 0 aliphatic carbocycles. The van der Waals surface area contributed by atoms with Crippen molar-refractivity contribution < 1.29 is 0 Å². The van der Waals surface area contributed by atoms with Crippen molar-refractivity contribution in [2.45, 2.75) is 38.1 Å². The quantitative estimate of drug-likeness (QED) is 0.922. The Hall–Kier alpha value is -0.850. The van der Waals surface area contributed by atoms with E-state index in [1.807, 2.05) is 34.8 Å². The van der Waals surface area contributed by atoms with Crippen LogP contribution in [-0.4, -0.2) is 27.6 Å². The number of rotatable bonds is 5. The molecule has 6 heteroatoms. The van der Waals surface area contributed by atoms with Crippen LogP contribution in [0.3, 0.4) is 0 Å². The zero-order chi connectivity index (χ0) is 13.9. The molecule has 4 nitrogen and oxygen atoms in total. The van der Waals surface area contributed by atoms with E-state index < -0.39 is 0 Å². The Balaban J connectivity index is 1.81. The van der Waals surface area contributed by atoms with Crippen LogP contribution in [0, 0.1) is 0 Å². The molecule has 20 heavy (non-hydrogen) atoms. The lowest BCUT2D eigenvalue weighted by atomic mass is 10.1. The average molecular weight is 308 g/mol. The lowest BCUT2D eigenvalue weighted by Crippen LogP contribution is -2.20. The minimum absolute atomic E-state index is 0.338. The molecular formula is C14H20N4S2. The third kappa shape index (κ3) is 2.77. The highest BCUT2D eigenvalue weighted by atomic mass is 32.2.